The third kappa shape index (κ3) is 6.54. The molecule has 11 heteroatoms. The van der Waals surface area contributed by atoms with Crippen LogP contribution in [0.2, 0.25) is 10.0 Å². The first kappa shape index (κ1) is 24.2. The molecule has 2 aromatic rings. The van der Waals surface area contributed by atoms with Gasteiger partial charge in [0.15, 0.2) is 6.61 Å². The van der Waals surface area contributed by atoms with Crippen molar-refractivity contribution in [2.24, 2.45) is 0 Å². The highest BCUT2D eigenvalue weighted by atomic mass is 35.5. The fourth-order valence-electron chi connectivity index (χ4n) is 2.86. The Morgan fingerprint density at radius 3 is 2.59 bits per heavy atom. The van der Waals surface area contributed by atoms with Gasteiger partial charge >= 0.3 is 5.97 Å². The Bertz CT molecular complexity index is 1130. The Morgan fingerprint density at radius 1 is 1.12 bits per heavy atom. The average molecular weight is 499 g/mol. The summed E-state index contributed by atoms with van der Waals surface area (Å²) in [5, 5.41) is 3.06. The van der Waals surface area contributed by atoms with E-state index < -0.39 is 28.5 Å². The summed E-state index contributed by atoms with van der Waals surface area (Å²) in [6.07, 6.45) is 2.68. The average Bonchev–Trinajstić information content (AvgIpc) is 2.78. The van der Waals surface area contributed by atoms with E-state index in [-0.39, 0.29) is 28.7 Å². The SMILES string of the molecule is O=C(COC(=O)C=Cc1cccc(Cl)c1)Nc1ccc(Cl)c(S(=O)(=O)N2CCOCC2)c1. The Morgan fingerprint density at radius 2 is 1.88 bits per heavy atom. The number of nitrogens with zero attached hydrogens (tertiary/aromatic N) is 1. The van der Waals surface area contributed by atoms with Crippen LogP contribution in [0.4, 0.5) is 5.69 Å². The third-order valence-electron chi connectivity index (χ3n) is 4.41. The molecular weight excluding hydrogens is 479 g/mol. The molecule has 0 aliphatic carbocycles. The highest BCUT2D eigenvalue weighted by Gasteiger charge is 2.28. The standard InChI is InChI=1S/C21H20Cl2N2O6S/c22-16-3-1-2-15(12-16)4-7-21(27)31-14-20(26)24-17-5-6-18(23)19(13-17)32(28,29)25-8-10-30-11-9-25/h1-7,12-13H,8-11,14H2,(H,24,26). The molecule has 8 nitrogen and oxygen atoms in total. The lowest BCUT2D eigenvalue weighted by Gasteiger charge is -2.26. The molecular formula is C21H20Cl2N2O6S. The summed E-state index contributed by atoms with van der Waals surface area (Å²) in [4.78, 5) is 23.8. The summed E-state index contributed by atoms with van der Waals surface area (Å²) in [6, 6.07) is 11.0. The maximum Gasteiger partial charge on any atom is 0.331 e. The molecule has 0 radical (unpaired) electrons. The molecule has 1 N–H and O–H groups in total. The first-order valence-corrected chi connectivity index (χ1v) is 11.7. The van der Waals surface area contributed by atoms with Gasteiger partial charge in [0.05, 0.1) is 18.2 Å². The molecule has 2 aromatic carbocycles. The third-order valence-corrected chi connectivity index (χ3v) is 7.02. The lowest BCUT2D eigenvalue weighted by Crippen LogP contribution is -2.40. The van der Waals surface area contributed by atoms with Gasteiger partial charge in [-0.25, -0.2) is 13.2 Å². The largest absolute Gasteiger partial charge is 0.452 e. The van der Waals surface area contributed by atoms with E-state index in [4.69, 9.17) is 32.7 Å². The van der Waals surface area contributed by atoms with Gasteiger partial charge in [-0.15, -0.1) is 0 Å². The van der Waals surface area contributed by atoms with Crippen molar-refractivity contribution in [3.63, 3.8) is 0 Å². The second kappa shape index (κ2) is 10.9. The number of hydrogen-bond donors (Lipinski definition) is 1. The molecule has 170 valence electrons. The molecule has 1 saturated heterocycles. The number of anilines is 1. The van der Waals surface area contributed by atoms with Crippen LogP contribution in [0.15, 0.2) is 53.4 Å². The predicted molar refractivity (Wildman–Crippen MR) is 121 cm³/mol. The van der Waals surface area contributed by atoms with E-state index in [1.54, 1.807) is 24.3 Å². The minimum Gasteiger partial charge on any atom is -0.452 e. The molecule has 1 aliphatic heterocycles. The number of esters is 1. The number of carbonyl (C=O) groups excluding carboxylic acids is 2. The monoisotopic (exact) mass is 498 g/mol. The van der Waals surface area contributed by atoms with Gasteiger partial charge in [-0.2, -0.15) is 4.31 Å². The van der Waals surface area contributed by atoms with Gasteiger partial charge in [0.25, 0.3) is 5.91 Å². The molecule has 1 aliphatic rings. The number of carbonyl (C=O) groups is 2. The first-order valence-electron chi connectivity index (χ1n) is 9.53. The minimum atomic E-state index is -3.85. The summed E-state index contributed by atoms with van der Waals surface area (Å²) in [6.45, 7) is 0.476. The van der Waals surface area contributed by atoms with Crippen LogP contribution >= 0.6 is 23.2 Å². The molecule has 0 aromatic heterocycles. The normalized spacial score (nSPS) is 14.9. The number of hydrogen-bond acceptors (Lipinski definition) is 6. The Labute approximate surface area is 195 Å². The molecule has 1 amide bonds. The molecule has 1 heterocycles. The Hall–Kier alpha value is -2.43. The second-order valence-electron chi connectivity index (χ2n) is 6.71. The maximum absolute atomic E-state index is 12.9. The van der Waals surface area contributed by atoms with Gasteiger partial charge < -0.3 is 14.8 Å². The van der Waals surface area contributed by atoms with Gasteiger partial charge in [0, 0.05) is 29.9 Å². The number of nitrogens with one attached hydrogen (secondary N) is 1. The van der Waals surface area contributed by atoms with Crippen LogP contribution in [0, 0.1) is 0 Å². The van der Waals surface area contributed by atoms with Gasteiger partial charge in [-0.3, -0.25) is 4.79 Å². The number of ether oxygens (including phenoxy) is 2. The predicted octanol–water partition coefficient (Wildman–Crippen LogP) is 3.21. The van der Waals surface area contributed by atoms with Crippen LogP contribution in [0.25, 0.3) is 6.08 Å². The highest BCUT2D eigenvalue weighted by molar-refractivity contribution is 7.89. The van der Waals surface area contributed by atoms with Crippen LogP contribution in [-0.2, 0) is 29.1 Å². The van der Waals surface area contributed by atoms with Gasteiger partial charge in [0.1, 0.15) is 4.90 Å². The zero-order chi connectivity index (χ0) is 23.1. The van der Waals surface area contributed by atoms with E-state index >= 15 is 0 Å². The van der Waals surface area contributed by atoms with Crippen LogP contribution in [0.5, 0.6) is 0 Å². The molecule has 3 rings (SSSR count). The number of morpholine rings is 1. The Kier molecular flexibility index (Phi) is 8.27. The van der Waals surface area contributed by atoms with E-state index in [0.29, 0.717) is 23.8 Å². The van der Waals surface area contributed by atoms with Crippen molar-refractivity contribution in [3.05, 3.63) is 64.1 Å². The smallest absolute Gasteiger partial charge is 0.331 e. The zero-order valence-corrected chi connectivity index (χ0v) is 19.1. The Balaban J connectivity index is 1.59. The van der Waals surface area contributed by atoms with Crippen LogP contribution in [0.1, 0.15) is 5.56 Å². The topological polar surface area (TPSA) is 102 Å². The van der Waals surface area contributed by atoms with Crippen molar-refractivity contribution >= 4 is 56.9 Å². The van der Waals surface area contributed by atoms with Crippen molar-refractivity contribution in [2.45, 2.75) is 4.90 Å². The van der Waals surface area contributed by atoms with Gasteiger partial charge in [0.2, 0.25) is 10.0 Å². The molecule has 0 unspecified atom stereocenters. The number of sulfonamides is 1. The van der Waals surface area contributed by atoms with Crippen LogP contribution in [-0.4, -0.2) is 57.5 Å². The van der Waals surface area contributed by atoms with Crippen molar-refractivity contribution in [1.29, 1.82) is 0 Å². The summed E-state index contributed by atoms with van der Waals surface area (Å²) in [5.41, 5.74) is 0.908. The molecule has 0 bridgehead atoms. The lowest BCUT2D eigenvalue weighted by atomic mass is 10.2. The fourth-order valence-corrected chi connectivity index (χ4v) is 4.97. The molecule has 1 fully saturated rings. The van der Waals surface area contributed by atoms with E-state index in [2.05, 4.69) is 5.32 Å². The first-order chi connectivity index (χ1) is 15.3. The summed E-state index contributed by atoms with van der Waals surface area (Å²) < 4.78 is 37.1. The lowest BCUT2D eigenvalue weighted by molar-refractivity contribution is -0.142. The number of benzene rings is 2. The number of rotatable bonds is 7. The molecule has 32 heavy (non-hydrogen) atoms. The quantitative estimate of drug-likeness (QED) is 0.464. The summed E-state index contributed by atoms with van der Waals surface area (Å²) in [5.74, 6) is -1.35. The van der Waals surface area contributed by atoms with E-state index in [1.165, 1.54) is 34.7 Å². The summed E-state index contributed by atoms with van der Waals surface area (Å²) >= 11 is 12.0. The highest BCUT2D eigenvalue weighted by Crippen LogP contribution is 2.28. The van der Waals surface area contributed by atoms with Gasteiger partial charge in [-0.1, -0.05) is 35.3 Å². The second-order valence-corrected chi connectivity index (χ2v) is 9.46. The van der Waals surface area contributed by atoms with E-state index in [1.807, 2.05) is 0 Å². The maximum atomic E-state index is 12.9. The summed E-state index contributed by atoms with van der Waals surface area (Å²) in [7, 11) is -3.85. The molecule has 0 atom stereocenters. The number of halogens is 2. The van der Waals surface area contributed by atoms with E-state index in [9.17, 15) is 18.0 Å². The molecule has 0 saturated carbocycles. The fraction of sp³-hybridized carbons (Fsp3) is 0.238. The van der Waals surface area contributed by atoms with Crippen molar-refractivity contribution < 1.29 is 27.5 Å². The van der Waals surface area contributed by atoms with Crippen molar-refractivity contribution in [3.8, 4) is 0 Å². The molecule has 0 spiro atoms. The van der Waals surface area contributed by atoms with Crippen LogP contribution < -0.4 is 5.32 Å². The van der Waals surface area contributed by atoms with Crippen molar-refractivity contribution in [2.75, 3.05) is 38.2 Å². The van der Waals surface area contributed by atoms with E-state index in [0.717, 1.165) is 0 Å². The zero-order valence-electron chi connectivity index (χ0n) is 16.8. The van der Waals surface area contributed by atoms with Gasteiger partial charge in [-0.05, 0) is 42.0 Å². The van der Waals surface area contributed by atoms with Crippen molar-refractivity contribution in [1.82, 2.24) is 4.31 Å². The van der Waals surface area contributed by atoms with Crippen LogP contribution in [0.3, 0.4) is 0 Å². The minimum absolute atomic E-state index is 0.0343. The number of amides is 1.